The molecule has 0 radical (unpaired) electrons. The lowest BCUT2D eigenvalue weighted by Gasteiger charge is -1.95. The molecule has 3 rings (SSSR count). The largest absolute Gasteiger partial charge is 0.478 e. The van der Waals surface area contributed by atoms with E-state index in [9.17, 15) is 4.79 Å². The van der Waals surface area contributed by atoms with Crippen molar-refractivity contribution in [2.24, 2.45) is 0 Å². The first-order valence-electron chi connectivity index (χ1n) is 5.65. The van der Waals surface area contributed by atoms with E-state index in [1.165, 1.54) is 0 Å². The highest BCUT2D eigenvalue weighted by atomic mass is 16.4. The van der Waals surface area contributed by atoms with Crippen LogP contribution in [-0.2, 0) is 0 Å². The van der Waals surface area contributed by atoms with Crippen LogP contribution in [0.3, 0.4) is 0 Å². The predicted octanol–water partition coefficient (Wildman–Crippen LogP) is 3.53. The van der Waals surface area contributed by atoms with E-state index in [-0.39, 0.29) is 0 Å². The van der Waals surface area contributed by atoms with Gasteiger partial charge >= 0.3 is 5.97 Å². The fourth-order valence-corrected chi connectivity index (χ4v) is 2.04. The maximum atomic E-state index is 10.9. The Morgan fingerprint density at radius 3 is 2.50 bits per heavy atom. The fraction of sp³-hybridized carbons (Fsp3) is 0. The number of H-pyrrole nitrogens is 1. The van der Waals surface area contributed by atoms with Crippen LogP contribution in [-0.4, -0.2) is 16.1 Å². The van der Waals surface area contributed by atoms with Crippen LogP contribution < -0.4 is 0 Å². The minimum atomic E-state index is -0.903. The number of carboxylic acids is 1. The number of carbonyl (C=O) groups is 1. The van der Waals surface area contributed by atoms with Gasteiger partial charge in [-0.15, -0.1) is 0 Å². The molecule has 2 N–H and O–H groups in total. The summed E-state index contributed by atoms with van der Waals surface area (Å²) in [4.78, 5) is 14.2. The number of carboxylic acid groups (broad SMARTS) is 1. The van der Waals surface area contributed by atoms with Crippen LogP contribution in [0.4, 0.5) is 0 Å². The molecule has 0 saturated heterocycles. The second-order valence-electron chi connectivity index (χ2n) is 4.16. The molecule has 1 aromatic heterocycles. The highest BCUT2D eigenvalue weighted by Crippen LogP contribution is 2.24. The van der Waals surface area contributed by atoms with Gasteiger partial charge in [0.05, 0.1) is 5.56 Å². The molecule has 0 aliphatic heterocycles. The van der Waals surface area contributed by atoms with Crippen molar-refractivity contribution < 1.29 is 9.90 Å². The molecule has 0 spiro atoms. The van der Waals surface area contributed by atoms with Crippen LogP contribution in [0.15, 0.2) is 54.6 Å². The summed E-state index contributed by atoms with van der Waals surface area (Å²) < 4.78 is 0. The summed E-state index contributed by atoms with van der Waals surface area (Å²) in [5.74, 6) is -0.903. The number of rotatable bonds is 2. The summed E-state index contributed by atoms with van der Waals surface area (Å²) in [7, 11) is 0. The Hall–Kier alpha value is -2.55. The van der Waals surface area contributed by atoms with Crippen LogP contribution in [0.25, 0.3) is 22.2 Å². The van der Waals surface area contributed by atoms with Gasteiger partial charge in [-0.1, -0.05) is 30.3 Å². The van der Waals surface area contributed by atoms with Gasteiger partial charge in [0.2, 0.25) is 0 Å². The maximum Gasteiger partial charge on any atom is 0.335 e. The lowest BCUT2D eigenvalue weighted by Crippen LogP contribution is -1.94. The summed E-state index contributed by atoms with van der Waals surface area (Å²) >= 11 is 0. The number of benzene rings is 2. The first-order chi connectivity index (χ1) is 8.74. The number of aromatic nitrogens is 1. The minimum Gasteiger partial charge on any atom is -0.478 e. The van der Waals surface area contributed by atoms with E-state index in [0.29, 0.717) is 5.56 Å². The van der Waals surface area contributed by atoms with Crippen molar-refractivity contribution in [3.05, 3.63) is 60.2 Å². The van der Waals surface area contributed by atoms with E-state index < -0.39 is 5.97 Å². The lowest BCUT2D eigenvalue weighted by atomic mass is 10.1. The van der Waals surface area contributed by atoms with Crippen molar-refractivity contribution >= 4 is 16.9 Å². The van der Waals surface area contributed by atoms with Gasteiger partial charge < -0.3 is 10.1 Å². The molecule has 0 fully saturated rings. The standard InChI is InChI=1S/C15H11NO2/c17-15(18)11-6-7-13-12(8-11)9-14(16-13)10-4-2-1-3-5-10/h1-9,16H,(H,17,18). The number of hydrogen-bond donors (Lipinski definition) is 2. The molecule has 0 saturated carbocycles. The van der Waals surface area contributed by atoms with Crippen molar-refractivity contribution in [3.63, 3.8) is 0 Å². The van der Waals surface area contributed by atoms with Gasteiger partial charge in [0.1, 0.15) is 0 Å². The van der Waals surface area contributed by atoms with Gasteiger partial charge in [-0.2, -0.15) is 0 Å². The Labute approximate surface area is 104 Å². The van der Waals surface area contributed by atoms with E-state index >= 15 is 0 Å². The van der Waals surface area contributed by atoms with Gasteiger partial charge in [0.15, 0.2) is 0 Å². The molecule has 1 heterocycles. The molecule has 0 amide bonds. The minimum absolute atomic E-state index is 0.307. The summed E-state index contributed by atoms with van der Waals surface area (Å²) in [6.45, 7) is 0. The van der Waals surface area contributed by atoms with Crippen LogP contribution in [0, 0.1) is 0 Å². The molecular formula is C15H11NO2. The monoisotopic (exact) mass is 237 g/mol. The Kier molecular flexibility index (Phi) is 2.38. The molecule has 3 aromatic rings. The number of aromatic carboxylic acids is 1. The molecule has 3 nitrogen and oxygen atoms in total. The molecule has 2 aromatic carbocycles. The predicted molar refractivity (Wildman–Crippen MR) is 70.7 cm³/mol. The van der Waals surface area contributed by atoms with E-state index in [1.807, 2.05) is 36.4 Å². The quantitative estimate of drug-likeness (QED) is 0.716. The third-order valence-electron chi connectivity index (χ3n) is 2.95. The van der Waals surface area contributed by atoms with Crippen LogP contribution in [0.5, 0.6) is 0 Å². The molecule has 0 atom stereocenters. The molecule has 0 aliphatic rings. The van der Waals surface area contributed by atoms with E-state index in [0.717, 1.165) is 22.2 Å². The first-order valence-corrected chi connectivity index (χ1v) is 5.65. The molecule has 88 valence electrons. The van der Waals surface area contributed by atoms with Crippen molar-refractivity contribution in [2.75, 3.05) is 0 Å². The third-order valence-corrected chi connectivity index (χ3v) is 2.95. The van der Waals surface area contributed by atoms with Gasteiger partial charge in [-0.3, -0.25) is 0 Å². The molecule has 3 heteroatoms. The number of hydrogen-bond acceptors (Lipinski definition) is 1. The third kappa shape index (κ3) is 1.76. The van der Waals surface area contributed by atoms with Gasteiger partial charge in [0, 0.05) is 16.6 Å². The summed E-state index contributed by atoms with van der Waals surface area (Å²) in [5.41, 5.74) is 3.33. The molecular weight excluding hydrogens is 226 g/mol. The zero-order valence-electron chi connectivity index (χ0n) is 9.55. The molecule has 18 heavy (non-hydrogen) atoms. The SMILES string of the molecule is O=C(O)c1ccc2[nH]c(-c3ccccc3)cc2c1. The normalized spacial score (nSPS) is 10.7. The van der Waals surface area contributed by atoms with E-state index in [2.05, 4.69) is 4.98 Å². The van der Waals surface area contributed by atoms with E-state index in [1.54, 1.807) is 18.2 Å². The van der Waals surface area contributed by atoms with Crippen molar-refractivity contribution in [3.8, 4) is 11.3 Å². The average Bonchev–Trinajstić information content (AvgIpc) is 2.82. The van der Waals surface area contributed by atoms with Crippen molar-refractivity contribution in [1.82, 2.24) is 4.98 Å². The van der Waals surface area contributed by atoms with Gasteiger partial charge in [-0.05, 0) is 29.8 Å². The second-order valence-corrected chi connectivity index (χ2v) is 4.16. The highest BCUT2D eigenvalue weighted by molar-refractivity contribution is 5.95. The van der Waals surface area contributed by atoms with E-state index in [4.69, 9.17) is 5.11 Å². The van der Waals surface area contributed by atoms with Crippen molar-refractivity contribution in [1.29, 1.82) is 0 Å². The topological polar surface area (TPSA) is 53.1 Å². The Morgan fingerprint density at radius 2 is 1.78 bits per heavy atom. The maximum absolute atomic E-state index is 10.9. The van der Waals surface area contributed by atoms with Crippen LogP contribution >= 0.6 is 0 Å². The molecule has 0 aliphatic carbocycles. The number of nitrogens with one attached hydrogen (secondary N) is 1. The first kappa shape index (κ1) is 10.6. The lowest BCUT2D eigenvalue weighted by molar-refractivity contribution is 0.0697. The Morgan fingerprint density at radius 1 is 1.00 bits per heavy atom. The summed E-state index contributed by atoms with van der Waals surface area (Å²) in [5, 5.41) is 9.87. The van der Waals surface area contributed by atoms with Crippen LogP contribution in [0.2, 0.25) is 0 Å². The average molecular weight is 237 g/mol. The fourth-order valence-electron chi connectivity index (χ4n) is 2.04. The zero-order valence-corrected chi connectivity index (χ0v) is 9.55. The molecule has 0 unspecified atom stereocenters. The van der Waals surface area contributed by atoms with Crippen LogP contribution in [0.1, 0.15) is 10.4 Å². The Balaban J connectivity index is 2.14. The van der Waals surface area contributed by atoms with Gasteiger partial charge in [0.25, 0.3) is 0 Å². The summed E-state index contributed by atoms with van der Waals surface area (Å²) in [6, 6.07) is 17.0. The smallest absolute Gasteiger partial charge is 0.335 e. The zero-order chi connectivity index (χ0) is 12.5. The van der Waals surface area contributed by atoms with Gasteiger partial charge in [-0.25, -0.2) is 4.79 Å². The number of fused-ring (bicyclic) bond motifs is 1. The highest BCUT2D eigenvalue weighted by Gasteiger charge is 2.07. The molecule has 0 bridgehead atoms. The Bertz CT molecular complexity index is 714. The summed E-state index contributed by atoms with van der Waals surface area (Å²) in [6.07, 6.45) is 0. The number of aromatic amines is 1. The second kappa shape index (κ2) is 4.04. The van der Waals surface area contributed by atoms with Crippen molar-refractivity contribution in [2.45, 2.75) is 0 Å².